The van der Waals surface area contributed by atoms with Crippen molar-refractivity contribution >= 4 is 17.7 Å². The molecular formula is C13H19N3O3. The van der Waals surface area contributed by atoms with Crippen molar-refractivity contribution < 1.29 is 14.7 Å². The van der Waals surface area contributed by atoms with Crippen LogP contribution in [0.2, 0.25) is 0 Å². The summed E-state index contributed by atoms with van der Waals surface area (Å²) >= 11 is 0. The Labute approximate surface area is 112 Å². The van der Waals surface area contributed by atoms with Gasteiger partial charge in [-0.15, -0.1) is 0 Å². The van der Waals surface area contributed by atoms with E-state index in [2.05, 4.69) is 4.98 Å². The molecule has 1 atom stereocenters. The maximum absolute atomic E-state index is 11.4. The van der Waals surface area contributed by atoms with Crippen LogP contribution in [0.4, 0.5) is 5.82 Å². The number of rotatable bonds is 6. The van der Waals surface area contributed by atoms with Crippen LogP contribution in [-0.4, -0.2) is 35.1 Å². The van der Waals surface area contributed by atoms with E-state index in [1.165, 1.54) is 0 Å². The largest absolute Gasteiger partial charge is 0.481 e. The highest BCUT2D eigenvalue weighted by atomic mass is 16.4. The van der Waals surface area contributed by atoms with Gasteiger partial charge in [-0.3, -0.25) is 9.59 Å². The zero-order valence-electron chi connectivity index (χ0n) is 11.4. The molecule has 0 saturated heterocycles. The van der Waals surface area contributed by atoms with Crippen LogP contribution < -0.4 is 10.6 Å². The summed E-state index contributed by atoms with van der Waals surface area (Å²) in [5.41, 5.74) is 6.39. The van der Waals surface area contributed by atoms with Gasteiger partial charge in [0.15, 0.2) is 0 Å². The molecule has 6 nitrogen and oxygen atoms in total. The minimum Gasteiger partial charge on any atom is -0.481 e. The lowest BCUT2D eigenvalue weighted by molar-refractivity contribution is -0.140. The minimum absolute atomic E-state index is 0.280. The SMILES string of the molecule is CCN(CC(C)C(=O)O)c1nc(C)ccc1C(N)=O. The zero-order chi connectivity index (χ0) is 14.6. The number of aromatic nitrogens is 1. The topological polar surface area (TPSA) is 96.5 Å². The van der Waals surface area contributed by atoms with Crippen molar-refractivity contribution in [1.29, 1.82) is 0 Å². The van der Waals surface area contributed by atoms with Gasteiger partial charge in [0, 0.05) is 18.8 Å². The predicted molar refractivity (Wildman–Crippen MR) is 72.2 cm³/mol. The number of primary amides is 1. The molecule has 1 unspecified atom stereocenters. The van der Waals surface area contributed by atoms with Crippen molar-refractivity contribution in [3.8, 4) is 0 Å². The highest BCUT2D eigenvalue weighted by Gasteiger charge is 2.20. The fourth-order valence-corrected chi connectivity index (χ4v) is 1.75. The summed E-state index contributed by atoms with van der Waals surface area (Å²) in [5.74, 6) is -1.55. The molecule has 3 N–H and O–H groups in total. The third kappa shape index (κ3) is 3.67. The van der Waals surface area contributed by atoms with E-state index in [1.54, 1.807) is 24.0 Å². The normalized spacial score (nSPS) is 11.9. The second-order valence-electron chi connectivity index (χ2n) is 4.47. The van der Waals surface area contributed by atoms with E-state index in [-0.39, 0.29) is 6.54 Å². The quantitative estimate of drug-likeness (QED) is 0.801. The number of nitrogens with zero attached hydrogens (tertiary/aromatic N) is 2. The number of carboxylic acid groups (broad SMARTS) is 1. The lowest BCUT2D eigenvalue weighted by atomic mass is 10.1. The zero-order valence-corrected chi connectivity index (χ0v) is 11.4. The highest BCUT2D eigenvalue weighted by molar-refractivity contribution is 5.97. The van der Waals surface area contributed by atoms with E-state index in [0.29, 0.717) is 17.9 Å². The van der Waals surface area contributed by atoms with E-state index in [1.807, 2.05) is 13.8 Å². The molecule has 1 amide bonds. The molecule has 104 valence electrons. The van der Waals surface area contributed by atoms with E-state index in [4.69, 9.17) is 10.8 Å². The van der Waals surface area contributed by atoms with Crippen LogP contribution in [0.5, 0.6) is 0 Å². The van der Waals surface area contributed by atoms with Crippen molar-refractivity contribution in [1.82, 2.24) is 4.98 Å². The monoisotopic (exact) mass is 265 g/mol. The summed E-state index contributed by atoms with van der Waals surface area (Å²) in [6.07, 6.45) is 0. The molecule has 0 saturated carbocycles. The average Bonchev–Trinajstić information content (AvgIpc) is 2.34. The first kappa shape index (κ1) is 14.9. The Morgan fingerprint density at radius 2 is 2.11 bits per heavy atom. The molecule has 0 aliphatic rings. The van der Waals surface area contributed by atoms with Gasteiger partial charge in [0.1, 0.15) is 5.82 Å². The molecule has 1 rings (SSSR count). The molecule has 0 spiro atoms. The Kier molecular flexibility index (Phi) is 4.86. The summed E-state index contributed by atoms with van der Waals surface area (Å²) in [4.78, 5) is 28.4. The lowest BCUT2D eigenvalue weighted by Gasteiger charge is -2.25. The first-order valence-electron chi connectivity index (χ1n) is 6.12. The van der Waals surface area contributed by atoms with Crippen LogP contribution >= 0.6 is 0 Å². The van der Waals surface area contributed by atoms with Crippen molar-refractivity contribution in [2.24, 2.45) is 11.7 Å². The Bertz CT molecular complexity index is 488. The lowest BCUT2D eigenvalue weighted by Crippen LogP contribution is -2.34. The van der Waals surface area contributed by atoms with Gasteiger partial charge in [0.25, 0.3) is 5.91 Å². The van der Waals surface area contributed by atoms with Crippen LogP contribution in [0.1, 0.15) is 29.9 Å². The molecule has 1 aromatic rings. The Morgan fingerprint density at radius 1 is 1.47 bits per heavy atom. The first-order valence-corrected chi connectivity index (χ1v) is 6.12. The van der Waals surface area contributed by atoms with E-state index >= 15 is 0 Å². The second-order valence-corrected chi connectivity index (χ2v) is 4.47. The molecule has 0 radical (unpaired) electrons. The highest BCUT2D eigenvalue weighted by Crippen LogP contribution is 2.19. The minimum atomic E-state index is -0.883. The van der Waals surface area contributed by atoms with Gasteiger partial charge in [0.05, 0.1) is 11.5 Å². The van der Waals surface area contributed by atoms with Crippen molar-refractivity contribution in [2.75, 3.05) is 18.0 Å². The fraction of sp³-hybridized carbons (Fsp3) is 0.462. The third-order valence-corrected chi connectivity index (χ3v) is 2.88. The number of carboxylic acids is 1. The van der Waals surface area contributed by atoms with Crippen LogP contribution in [0.25, 0.3) is 0 Å². The molecule has 0 aromatic carbocycles. The molecular weight excluding hydrogens is 246 g/mol. The summed E-state index contributed by atoms with van der Waals surface area (Å²) in [6.45, 7) is 6.13. The van der Waals surface area contributed by atoms with Crippen molar-refractivity contribution in [3.63, 3.8) is 0 Å². The van der Waals surface area contributed by atoms with E-state index < -0.39 is 17.8 Å². The Hall–Kier alpha value is -2.11. The fourth-order valence-electron chi connectivity index (χ4n) is 1.75. The number of nitrogens with two attached hydrogens (primary N) is 1. The molecule has 0 aliphatic heterocycles. The molecule has 0 fully saturated rings. The second kappa shape index (κ2) is 6.17. The first-order chi connectivity index (χ1) is 8.86. The summed E-state index contributed by atoms with van der Waals surface area (Å²) in [5, 5.41) is 8.97. The number of aliphatic carboxylic acids is 1. The number of amides is 1. The third-order valence-electron chi connectivity index (χ3n) is 2.88. The van der Waals surface area contributed by atoms with E-state index in [0.717, 1.165) is 5.69 Å². The summed E-state index contributed by atoms with van der Waals surface area (Å²) in [6, 6.07) is 3.33. The standard InChI is InChI=1S/C13H19N3O3/c1-4-16(7-8(2)13(18)19)12-10(11(14)17)6-5-9(3)15-12/h5-6,8H,4,7H2,1-3H3,(H2,14,17)(H,18,19). The number of aryl methyl sites for hydroxylation is 1. The van der Waals surface area contributed by atoms with Crippen molar-refractivity contribution in [2.45, 2.75) is 20.8 Å². The number of hydrogen-bond donors (Lipinski definition) is 2. The Balaban J connectivity index is 3.13. The van der Waals surface area contributed by atoms with Gasteiger partial charge >= 0.3 is 5.97 Å². The van der Waals surface area contributed by atoms with Crippen LogP contribution in [0.15, 0.2) is 12.1 Å². The number of hydrogen-bond acceptors (Lipinski definition) is 4. The number of carbonyl (C=O) groups excluding carboxylic acids is 1. The number of pyridine rings is 1. The van der Waals surface area contributed by atoms with Gasteiger partial charge in [0.2, 0.25) is 0 Å². The molecule has 0 aliphatic carbocycles. The molecule has 19 heavy (non-hydrogen) atoms. The average molecular weight is 265 g/mol. The number of carbonyl (C=O) groups is 2. The van der Waals surface area contributed by atoms with Gasteiger partial charge < -0.3 is 15.7 Å². The molecule has 0 bridgehead atoms. The van der Waals surface area contributed by atoms with Gasteiger partial charge in [-0.05, 0) is 26.0 Å². The van der Waals surface area contributed by atoms with Crippen LogP contribution in [0, 0.1) is 12.8 Å². The summed E-state index contributed by atoms with van der Waals surface area (Å²) < 4.78 is 0. The molecule has 6 heteroatoms. The number of anilines is 1. The van der Waals surface area contributed by atoms with Crippen LogP contribution in [-0.2, 0) is 4.79 Å². The molecule has 1 aromatic heterocycles. The Morgan fingerprint density at radius 3 is 2.58 bits per heavy atom. The molecule has 1 heterocycles. The summed E-state index contributed by atoms with van der Waals surface area (Å²) in [7, 11) is 0. The van der Waals surface area contributed by atoms with Crippen molar-refractivity contribution in [3.05, 3.63) is 23.4 Å². The maximum Gasteiger partial charge on any atom is 0.308 e. The van der Waals surface area contributed by atoms with Gasteiger partial charge in [-0.2, -0.15) is 0 Å². The van der Waals surface area contributed by atoms with E-state index in [9.17, 15) is 9.59 Å². The smallest absolute Gasteiger partial charge is 0.308 e. The predicted octanol–water partition coefficient (Wildman–Crippen LogP) is 1.04. The van der Waals surface area contributed by atoms with Crippen LogP contribution in [0.3, 0.4) is 0 Å². The van der Waals surface area contributed by atoms with Gasteiger partial charge in [-0.1, -0.05) is 6.92 Å². The maximum atomic E-state index is 11.4. The van der Waals surface area contributed by atoms with Gasteiger partial charge in [-0.25, -0.2) is 4.98 Å².